The van der Waals surface area contributed by atoms with Gasteiger partial charge in [0.1, 0.15) is 10.9 Å². The van der Waals surface area contributed by atoms with Crippen molar-refractivity contribution in [2.45, 2.75) is 38.8 Å². The second-order valence-corrected chi connectivity index (χ2v) is 6.98. The van der Waals surface area contributed by atoms with Gasteiger partial charge >= 0.3 is 5.97 Å². The lowest BCUT2D eigenvalue weighted by atomic mass is 10.1. The summed E-state index contributed by atoms with van der Waals surface area (Å²) in [5.41, 5.74) is -0.330. The molecule has 112 valence electrons. The molecule has 7 heteroatoms. The van der Waals surface area contributed by atoms with Crippen LogP contribution in [0.2, 0.25) is 0 Å². The van der Waals surface area contributed by atoms with Crippen molar-refractivity contribution in [3.8, 4) is 0 Å². The highest BCUT2D eigenvalue weighted by Gasteiger charge is 2.23. The molecule has 5 nitrogen and oxygen atoms in total. The molecule has 0 radical (unpaired) electrons. The maximum Gasteiger partial charge on any atom is 0.326 e. The van der Waals surface area contributed by atoms with Gasteiger partial charge in [0.15, 0.2) is 0 Å². The van der Waals surface area contributed by atoms with E-state index in [-0.39, 0.29) is 18.6 Å². The van der Waals surface area contributed by atoms with Crippen LogP contribution in [0.25, 0.3) is 0 Å². The van der Waals surface area contributed by atoms with E-state index in [1.54, 1.807) is 11.4 Å². The molecule has 0 saturated heterocycles. The van der Waals surface area contributed by atoms with Gasteiger partial charge in [-0.1, -0.05) is 0 Å². The SMILES string of the molecule is CC(C)(C)OCCC(NC(=O)c1sccc1Br)C(=O)O. The summed E-state index contributed by atoms with van der Waals surface area (Å²) in [6.45, 7) is 5.95. The van der Waals surface area contributed by atoms with Gasteiger partial charge in [-0.15, -0.1) is 11.3 Å². The fraction of sp³-hybridized carbons (Fsp3) is 0.538. The third kappa shape index (κ3) is 5.60. The van der Waals surface area contributed by atoms with E-state index in [1.807, 2.05) is 20.8 Å². The van der Waals surface area contributed by atoms with Crippen LogP contribution in [0, 0.1) is 0 Å². The average molecular weight is 364 g/mol. The number of carbonyl (C=O) groups excluding carboxylic acids is 1. The van der Waals surface area contributed by atoms with Crippen LogP contribution in [0.15, 0.2) is 15.9 Å². The standard InChI is InChI=1S/C13H18BrNO4S/c1-13(2,3)19-6-4-9(12(17)18)15-11(16)10-8(14)5-7-20-10/h5,7,9H,4,6H2,1-3H3,(H,15,16)(H,17,18). The van der Waals surface area contributed by atoms with E-state index in [0.717, 1.165) is 0 Å². The highest BCUT2D eigenvalue weighted by Crippen LogP contribution is 2.22. The highest BCUT2D eigenvalue weighted by atomic mass is 79.9. The molecule has 0 aliphatic heterocycles. The largest absolute Gasteiger partial charge is 0.480 e. The van der Waals surface area contributed by atoms with Crippen molar-refractivity contribution >= 4 is 39.1 Å². The third-order valence-electron chi connectivity index (χ3n) is 2.37. The summed E-state index contributed by atoms with van der Waals surface area (Å²) in [4.78, 5) is 23.6. The first-order chi connectivity index (χ1) is 9.20. The van der Waals surface area contributed by atoms with E-state index < -0.39 is 17.9 Å². The molecule has 1 heterocycles. The Labute approximate surface area is 130 Å². The van der Waals surface area contributed by atoms with E-state index in [1.165, 1.54) is 11.3 Å². The fourth-order valence-electron chi connectivity index (χ4n) is 1.42. The maximum atomic E-state index is 12.0. The first kappa shape index (κ1) is 17.1. The topological polar surface area (TPSA) is 75.6 Å². The molecule has 20 heavy (non-hydrogen) atoms. The zero-order valence-corrected chi connectivity index (χ0v) is 14.0. The van der Waals surface area contributed by atoms with Gasteiger partial charge in [0.2, 0.25) is 0 Å². The lowest BCUT2D eigenvalue weighted by Crippen LogP contribution is -2.41. The molecule has 2 N–H and O–H groups in total. The Balaban J connectivity index is 2.58. The number of hydrogen-bond acceptors (Lipinski definition) is 4. The van der Waals surface area contributed by atoms with Crippen molar-refractivity contribution in [2.75, 3.05) is 6.61 Å². The Kier molecular flexibility index (Phi) is 6.16. The Morgan fingerprint density at radius 1 is 1.50 bits per heavy atom. The lowest BCUT2D eigenvalue weighted by Gasteiger charge is -2.21. The maximum absolute atomic E-state index is 12.0. The first-order valence-electron chi connectivity index (χ1n) is 6.11. The molecule has 0 aromatic carbocycles. The molecule has 1 aromatic rings. The summed E-state index contributed by atoms with van der Waals surface area (Å²) in [5.74, 6) is -1.46. The molecule has 0 spiro atoms. The molecule has 0 aliphatic carbocycles. The van der Waals surface area contributed by atoms with Gasteiger partial charge < -0.3 is 15.2 Å². The van der Waals surface area contributed by atoms with Crippen molar-refractivity contribution in [2.24, 2.45) is 0 Å². The molecular formula is C13H18BrNO4S. The predicted octanol–water partition coefficient (Wildman–Crippen LogP) is 2.90. The number of amides is 1. The molecule has 0 bridgehead atoms. The number of carbonyl (C=O) groups is 2. The number of hydrogen-bond donors (Lipinski definition) is 2. The Bertz CT molecular complexity index is 481. The molecular weight excluding hydrogens is 346 g/mol. The van der Waals surface area contributed by atoms with E-state index in [4.69, 9.17) is 9.84 Å². The number of rotatable bonds is 6. The number of carboxylic acids is 1. The summed E-state index contributed by atoms with van der Waals surface area (Å²) in [6, 6.07) is 0.789. The number of aliphatic carboxylic acids is 1. The average Bonchev–Trinajstić information content (AvgIpc) is 2.72. The molecule has 0 fully saturated rings. The first-order valence-corrected chi connectivity index (χ1v) is 7.78. The monoisotopic (exact) mass is 363 g/mol. The third-order valence-corrected chi connectivity index (χ3v) is 4.20. The molecule has 1 amide bonds. The van der Waals surface area contributed by atoms with Crippen LogP contribution in [0.4, 0.5) is 0 Å². The minimum Gasteiger partial charge on any atom is -0.480 e. The van der Waals surface area contributed by atoms with Crippen molar-refractivity contribution in [1.82, 2.24) is 5.32 Å². The zero-order valence-electron chi connectivity index (χ0n) is 11.6. The van der Waals surface area contributed by atoms with Gasteiger partial charge in [-0.05, 0) is 48.1 Å². The summed E-state index contributed by atoms with van der Waals surface area (Å²) >= 11 is 4.51. The van der Waals surface area contributed by atoms with Gasteiger partial charge in [-0.25, -0.2) is 4.79 Å². The minimum absolute atomic E-state index is 0.224. The smallest absolute Gasteiger partial charge is 0.326 e. The molecule has 0 saturated carbocycles. The fourth-order valence-corrected chi connectivity index (χ4v) is 2.87. The molecule has 1 atom stereocenters. The molecule has 0 aliphatic rings. The molecule has 1 rings (SSSR count). The Morgan fingerprint density at radius 3 is 2.60 bits per heavy atom. The Hall–Kier alpha value is -0.920. The van der Waals surface area contributed by atoms with Gasteiger partial charge in [0, 0.05) is 17.5 Å². The van der Waals surface area contributed by atoms with E-state index in [2.05, 4.69) is 21.2 Å². The summed E-state index contributed by atoms with van der Waals surface area (Å²) in [7, 11) is 0. The van der Waals surface area contributed by atoms with Crippen LogP contribution in [-0.2, 0) is 9.53 Å². The zero-order chi connectivity index (χ0) is 15.3. The molecule has 1 aromatic heterocycles. The number of carboxylic acid groups (broad SMARTS) is 1. The van der Waals surface area contributed by atoms with Gasteiger partial charge in [-0.2, -0.15) is 0 Å². The summed E-state index contributed by atoms with van der Waals surface area (Å²) < 4.78 is 6.15. The summed E-state index contributed by atoms with van der Waals surface area (Å²) in [5, 5.41) is 13.4. The van der Waals surface area contributed by atoms with Crippen LogP contribution in [-0.4, -0.2) is 35.2 Å². The van der Waals surface area contributed by atoms with E-state index in [9.17, 15) is 9.59 Å². The second-order valence-electron chi connectivity index (χ2n) is 5.21. The van der Waals surface area contributed by atoms with Crippen LogP contribution in [0.1, 0.15) is 36.9 Å². The minimum atomic E-state index is -1.07. The normalized spacial score (nSPS) is 13.0. The molecule has 1 unspecified atom stereocenters. The number of halogens is 1. The van der Waals surface area contributed by atoms with Crippen LogP contribution >= 0.6 is 27.3 Å². The second kappa shape index (κ2) is 7.19. The predicted molar refractivity (Wildman–Crippen MR) is 81.2 cm³/mol. The van der Waals surface area contributed by atoms with Crippen molar-refractivity contribution < 1.29 is 19.4 Å². The van der Waals surface area contributed by atoms with E-state index in [0.29, 0.717) is 9.35 Å². The number of thiophene rings is 1. The quantitative estimate of drug-likeness (QED) is 0.814. The van der Waals surface area contributed by atoms with Crippen molar-refractivity contribution in [3.63, 3.8) is 0 Å². The lowest BCUT2D eigenvalue weighted by molar-refractivity contribution is -0.140. The number of ether oxygens (including phenoxy) is 1. The van der Waals surface area contributed by atoms with Crippen LogP contribution < -0.4 is 5.32 Å². The number of nitrogens with one attached hydrogen (secondary N) is 1. The van der Waals surface area contributed by atoms with Crippen molar-refractivity contribution in [3.05, 3.63) is 20.8 Å². The van der Waals surface area contributed by atoms with Crippen LogP contribution in [0.3, 0.4) is 0 Å². The Morgan fingerprint density at radius 2 is 2.15 bits per heavy atom. The van der Waals surface area contributed by atoms with Gasteiger partial charge in [0.05, 0.1) is 5.60 Å². The van der Waals surface area contributed by atoms with Crippen molar-refractivity contribution in [1.29, 1.82) is 0 Å². The summed E-state index contributed by atoms with van der Waals surface area (Å²) in [6.07, 6.45) is 0.224. The van der Waals surface area contributed by atoms with Crippen LogP contribution in [0.5, 0.6) is 0 Å². The van der Waals surface area contributed by atoms with Gasteiger partial charge in [-0.3, -0.25) is 4.79 Å². The van der Waals surface area contributed by atoms with E-state index >= 15 is 0 Å². The highest BCUT2D eigenvalue weighted by molar-refractivity contribution is 9.10. The van der Waals surface area contributed by atoms with Gasteiger partial charge in [0.25, 0.3) is 5.91 Å².